The van der Waals surface area contributed by atoms with E-state index in [1.54, 1.807) is 31.2 Å². The number of hydrogen-bond acceptors (Lipinski definition) is 4. The third-order valence-electron chi connectivity index (χ3n) is 3.13. The second-order valence-corrected chi connectivity index (χ2v) is 7.37. The van der Waals surface area contributed by atoms with Gasteiger partial charge in [0, 0.05) is 16.2 Å². The van der Waals surface area contributed by atoms with E-state index in [-0.39, 0.29) is 13.2 Å². The zero-order chi connectivity index (χ0) is 16.7. The lowest BCUT2D eigenvalue weighted by molar-refractivity contribution is -0.139. The van der Waals surface area contributed by atoms with Gasteiger partial charge in [0.15, 0.2) is 0 Å². The van der Waals surface area contributed by atoms with Crippen molar-refractivity contribution in [2.24, 2.45) is 0 Å². The summed E-state index contributed by atoms with van der Waals surface area (Å²) in [5.74, 6) is -0.483. The van der Waals surface area contributed by atoms with Crippen LogP contribution in [0, 0.1) is 0 Å². The van der Waals surface area contributed by atoms with Crippen LogP contribution in [0.25, 0.3) is 0 Å². The number of ether oxygens (including phenoxy) is 1. The molecule has 0 amide bonds. The smallest absolute Gasteiger partial charge is 0.333 e. The molecule has 23 heavy (non-hydrogen) atoms. The average molecular weight is 330 g/mol. The third kappa shape index (κ3) is 4.41. The summed E-state index contributed by atoms with van der Waals surface area (Å²) in [4.78, 5) is 11.4. The Morgan fingerprint density at radius 3 is 1.87 bits per heavy atom. The van der Waals surface area contributed by atoms with Gasteiger partial charge in [0.25, 0.3) is 7.37 Å². The Hall–Kier alpha value is -2.16. The van der Waals surface area contributed by atoms with Crippen molar-refractivity contribution >= 4 is 23.9 Å². The topological polar surface area (TPSA) is 52.6 Å². The summed E-state index contributed by atoms with van der Waals surface area (Å²) in [5, 5.41) is 1.22. The predicted octanol–water partition coefficient (Wildman–Crippen LogP) is 3.05. The molecule has 0 bridgehead atoms. The number of benzene rings is 2. The molecule has 2 aromatic rings. The van der Waals surface area contributed by atoms with Gasteiger partial charge in [-0.05, 0) is 31.2 Å². The molecule has 0 heterocycles. The van der Waals surface area contributed by atoms with Gasteiger partial charge in [0.05, 0.1) is 6.61 Å². The summed E-state index contributed by atoms with van der Waals surface area (Å²) < 4.78 is 24.1. The van der Waals surface area contributed by atoms with Crippen LogP contribution in [0.2, 0.25) is 0 Å². The monoisotopic (exact) mass is 330 g/mol. The van der Waals surface area contributed by atoms with Crippen LogP contribution >= 0.6 is 7.37 Å². The van der Waals surface area contributed by atoms with Gasteiger partial charge in [-0.3, -0.25) is 4.57 Å². The van der Waals surface area contributed by atoms with Gasteiger partial charge in [0.1, 0.15) is 6.61 Å². The van der Waals surface area contributed by atoms with E-state index in [2.05, 4.69) is 6.58 Å². The molecule has 0 N–H and O–H groups in total. The Balaban J connectivity index is 2.15. The van der Waals surface area contributed by atoms with Gasteiger partial charge in [-0.15, -0.1) is 0 Å². The molecule has 0 saturated carbocycles. The quantitative estimate of drug-likeness (QED) is 0.339. The fourth-order valence-corrected chi connectivity index (χ4v) is 4.03. The van der Waals surface area contributed by atoms with E-state index in [0.29, 0.717) is 16.2 Å². The molecule has 0 saturated heterocycles. The molecule has 120 valence electrons. The fraction of sp³-hybridized carbons (Fsp3) is 0.167. The molecular weight excluding hydrogens is 311 g/mol. The predicted molar refractivity (Wildman–Crippen MR) is 91.5 cm³/mol. The number of rotatable bonds is 7. The van der Waals surface area contributed by atoms with Crippen LogP contribution in [0.1, 0.15) is 6.92 Å². The molecule has 0 aliphatic heterocycles. The fourth-order valence-electron chi connectivity index (χ4n) is 1.97. The first kappa shape index (κ1) is 17.2. The summed E-state index contributed by atoms with van der Waals surface area (Å²) >= 11 is 0. The van der Waals surface area contributed by atoms with Crippen molar-refractivity contribution in [3.8, 4) is 0 Å². The van der Waals surface area contributed by atoms with Crippen molar-refractivity contribution in [3.63, 3.8) is 0 Å². The minimum atomic E-state index is -3.22. The molecule has 5 heteroatoms. The molecule has 0 spiro atoms. The normalized spacial score (nSPS) is 11.0. The molecule has 2 aromatic carbocycles. The maximum absolute atomic E-state index is 13.4. The SMILES string of the molecule is C=C(C)C(=O)OCCOP(=O)(c1ccccc1)c1ccccc1. The Labute approximate surface area is 136 Å². The van der Waals surface area contributed by atoms with E-state index < -0.39 is 13.3 Å². The van der Waals surface area contributed by atoms with Crippen LogP contribution in [0.4, 0.5) is 0 Å². The first-order chi connectivity index (χ1) is 11.0. The van der Waals surface area contributed by atoms with Crippen molar-refractivity contribution < 1.29 is 18.6 Å². The Morgan fingerprint density at radius 1 is 0.957 bits per heavy atom. The largest absolute Gasteiger partial charge is 0.460 e. The van der Waals surface area contributed by atoms with Gasteiger partial charge in [-0.1, -0.05) is 43.0 Å². The van der Waals surface area contributed by atoms with E-state index in [9.17, 15) is 9.36 Å². The lowest BCUT2D eigenvalue weighted by atomic mass is 10.4. The van der Waals surface area contributed by atoms with Crippen molar-refractivity contribution in [2.45, 2.75) is 6.92 Å². The van der Waals surface area contributed by atoms with Gasteiger partial charge in [-0.25, -0.2) is 4.79 Å². The van der Waals surface area contributed by atoms with Gasteiger partial charge in [0.2, 0.25) is 0 Å². The van der Waals surface area contributed by atoms with E-state index in [1.165, 1.54) is 0 Å². The summed E-state index contributed by atoms with van der Waals surface area (Å²) in [6.07, 6.45) is 0. The molecule has 2 rings (SSSR count). The molecule has 0 unspecified atom stereocenters. The molecule has 0 aromatic heterocycles. The highest BCUT2D eigenvalue weighted by Gasteiger charge is 2.28. The third-order valence-corrected chi connectivity index (χ3v) is 5.63. The molecular formula is C18H19O4P. The number of carbonyl (C=O) groups is 1. The van der Waals surface area contributed by atoms with Crippen molar-refractivity contribution in [3.05, 3.63) is 72.8 Å². The lowest BCUT2D eigenvalue weighted by Crippen LogP contribution is -2.20. The van der Waals surface area contributed by atoms with Crippen LogP contribution in [0.15, 0.2) is 72.8 Å². The highest BCUT2D eigenvalue weighted by atomic mass is 31.2. The van der Waals surface area contributed by atoms with E-state index in [1.807, 2.05) is 36.4 Å². The van der Waals surface area contributed by atoms with E-state index >= 15 is 0 Å². The number of hydrogen-bond donors (Lipinski definition) is 0. The first-order valence-corrected chi connectivity index (χ1v) is 8.85. The second kappa shape index (κ2) is 7.91. The number of carbonyl (C=O) groups excluding carboxylic acids is 1. The Bertz CT molecular complexity index is 667. The molecule has 0 radical (unpaired) electrons. The Kier molecular flexibility index (Phi) is 5.91. The maximum atomic E-state index is 13.4. The minimum Gasteiger partial charge on any atom is -0.460 e. The van der Waals surface area contributed by atoms with E-state index in [0.717, 1.165) is 0 Å². The molecule has 0 atom stereocenters. The number of esters is 1. The first-order valence-electron chi connectivity index (χ1n) is 7.22. The highest BCUT2D eigenvalue weighted by molar-refractivity contribution is 7.74. The zero-order valence-corrected chi connectivity index (χ0v) is 13.9. The van der Waals surface area contributed by atoms with Crippen molar-refractivity contribution in [2.75, 3.05) is 13.2 Å². The van der Waals surface area contributed by atoms with Gasteiger partial charge in [-0.2, -0.15) is 0 Å². The summed E-state index contributed by atoms with van der Waals surface area (Å²) in [7, 11) is -3.22. The highest BCUT2D eigenvalue weighted by Crippen LogP contribution is 2.44. The van der Waals surface area contributed by atoms with Crippen molar-refractivity contribution in [1.29, 1.82) is 0 Å². The Morgan fingerprint density at radius 2 is 1.43 bits per heavy atom. The molecule has 4 nitrogen and oxygen atoms in total. The van der Waals surface area contributed by atoms with Gasteiger partial charge >= 0.3 is 5.97 Å². The minimum absolute atomic E-state index is 0.0232. The van der Waals surface area contributed by atoms with Gasteiger partial charge < -0.3 is 9.26 Å². The van der Waals surface area contributed by atoms with Crippen LogP contribution in [-0.4, -0.2) is 19.2 Å². The lowest BCUT2D eigenvalue weighted by Gasteiger charge is -2.19. The van der Waals surface area contributed by atoms with Crippen LogP contribution < -0.4 is 10.6 Å². The molecule has 0 fully saturated rings. The van der Waals surface area contributed by atoms with Crippen molar-refractivity contribution in [1.82, 2.24) is 0 Å². The van der Waals surface area contributed by atoms with Crippen LogP contribution in [-0.2, 0) is 18.6 Å². The summed E-state index contributed by atoms with van der Waals surface area (Å²) in [5.41, 5.74) is 0.319. The second-order valence-electron chi connectivity index (χ2n) is 4.97. The molecule has 0 aliphatic rings. The van der Waals surface area contributed by atoms with Crippen LogP contribution in [0.3, 0.4) is 0 Å². The summed E-state index contributed by atoms with van der Waals surface area (Å²) in [6, 6.07) is 18.1. The van der Waals surface area contributed by atoms with Crippen LogP contribution in [0.5, 0.6) is 0 Å². The summed E-state index contributed by atoms with van der Waals surface area (Å²) in [6.45, 7) is 5.14. The average Bonchev–Trinajstić information content (AvgIpc) is 2.59. The maximum Gasteiger partial charge on any atom is 0.333 e. The molecule has 0 aliphatic carbocycles. The van der Waals surface area contributed by atoms with E-state index in [4.69, 9.17) is 9.26 Å². The zero-order valence-electron chi connectivity index (χ0n) is 13.0. The standard InChI is InChI=1S/C18H19O4P/c1-15(2)18(19)21-13-14-22-23(20,16-9-5-3-6-10-16)17-11-7-4-8-12-17/h3-12H,1,13-14H2,2H3.